The number of ether oxygens (including phenoxy) is 1. The van der Waals surface area contributed by atoms with Crippen molar-refractivity contribution >= 4 is 43.5 Å². The summed E-state index contributed by atoms with van der Waals surface area (Å²) in [5, 5.41) is 0.544. The topological polar surface area (TPSA) is 61.2 Å². The van der Waals surface area contributed by atoms with Crippen molar-refractivity contribution in [3.05, 3.63) is 49.8 Å². The molecule has 0 radical (unpaired) electrons. The van der Waals surface area contributed by atoms with Gasteiger partial charge in [0, 0.05) is 14.9 Å². The Bertz CT molecular complexity index is 1080. The van der Waals surface area contributed by atoms with Crippen LogP contribution in [0.25, 0.3) is 21.3 Å². The predicted octanol–water partition coefficient (Wildman–Crippen LogP) is 4.80. The van der Waals surface area contributed by atoms with Gasteiger partial charge in [-0.25, -0.2) is 9.78 Å². The van der Waals surface area contributed by atoms with E-state index in [-0.39, 0.29) is 12.2 Å². The molecule has 0 aliphatic rings. The molecule has 2 heterocycles. The third-order valence-corrected chi connectivity index (χ3v) is 6.06. The molecule has 1 aromatic carbocycles. The van der Waals surface area contributed by atoms with Gasteiger partial charge in [-0.05, 0) is 52.3 Å². The Labute approximate surface area is 170 Å². The van der Waals surface area contributed by atoms with E-state index >= 15 is 0 Å². The highest BCUT2D eigenvalue weighted by Crippen LogP contribution is 2.36. The summed E-state index contributed by atoms with van der Waals surface area (Å²) in [6.45, 7) is 9.11. The first kappa shape index (κ1) is 19.8. The Balaban J connectivity index is 2.33. The van der Waals surface area contributed by atoms with Crippen molar-refractivity contribution in [1.29, 1.82) is 0 Å². The van der Waals surface area contributed by atoms with Gasteiger partial charge in [0.15, 0.2) is 0 Å². The van der Waals surface area contributed by atoms with E-state index in [0.717, 1.165) is 20.5 Å². The number of benzene rings is 1. The fourth-order valence-corrected chi connectivity index (χ4v) is 4.63. The van der Waals surface area contributed by atoms with Crippen molar-refractivity contribution in [2.24, 2.45) is 0 Å². The number of carbonyl (C=O) groups excluding carboxylic acids is 1. The highest BCUT2D eigenvalue weighted by Gasteiger charge is 2.35. The van der Waals surface area contributed by atoms with E-state index in [2.05, 4.69) is 20.9 Å². The molecule has 3 aromatic rings. The Morgan fingerprint density at radius 2 is 1.89 bits per heavy atom. The lowest BCUT2D eigenvalue weighted by Crippen LogP contribution is -2.45. The van der Waals surface area contributed by atoms with Crippen molar-refractivity contribution in [2.45, 2.75) is 40.2 Å². The first-order chi connectivity index (χ1) is 12.7. The van der Waals surface area contributed by atoms with E-state index in [4.69, 9.17) is 4.74 Å². The van der Waals surface area contributed by atoms with Gasteiger partial charge in [-0.1, -0.05) is 28.1 Å². The van der Waals surface area contributed by atoms with Crippen molar-refractivity contribution < 1.29 is 9.53 Å². The molecule has 0 bridgehead atoms. The molecule has 3 rings (SSSR count). The maximum absolute atomic E-state index is 13.5. The number of fused-ring (bicyclic) bond motifs is 1. The van der Waals surface area contributed by atoms with Gasteiger partial charge in [0.2, 0.25) is 0 Å². The summed E-state index contributed by atoms with van der Waals surface area (Å²) in [5.74, 6) is 0.0441. The Kier molecular flexibility index (Phi) is 5.27. The number of hydrogen-bond acceptors (Lipinski definition) is 5. The number of thiophene rings is 1. The van der Waals surface area contributed by atoms with Crippen LogP contribution in [0.5, 0.6) is 0 Å². The lowest BCUT2D eigenvalue weighted by atomic mass is 10.0. The lowest BCUT2D eigenvalue weighted by Gasteiger charge is -2.26. The maximum atomic E-state index is 13.5. The molecule has 0 amide bonds. The normalized spacial score (nSPS) is 11.8. The molecule has 0 aliphatic heterocycles. The zero-order chi connectivity index (χ0) is 19.9. The second kappa shape index (κ2) is 7.20. The largest absolute Gasteiger partial charge is 0.464 e. The van der Waals surface area contributed by atoms with Gasteiger partial charge in [-0.2, -0.15) is 0 Å². The van der Waals surface area contributed by atoms with Crippen LogP contribution in [-0.4, -0.2) is 22.1 Å². The molecule has 7 heteroatoms. The van der Waals surface area contributed by atoms with Gasteiger partial charge in [0.1, 0.15) is 16.2 Å². The molecule has 27 heavy (non-hydrogen) atoms. The van der Waals surface area contributed by atoms with Gasteiger partial charge in [-0.3, -0.25) is 9.36 Å². The minimum atomic E-state index is -1.15. The molecule has 0 N–H and O–H groups in total. The van der Waals surface area contributed by atoms with Crippen LogP contribution < -0.4 is 5.56 Å². The molecule has 0 spiro atoms. The fourth-order valence-electron chi connectivity index (χ4n) is 3.28. The van der Waals surface area contributed by atoms with E-state index in [1.54, 1.807) is 27.7 Å². The SMILES string of the molecule is CCOC(=O)C(C)(C)n1c(C)nc2sc(C)c(-c3ccc(Br)cc3)c2c1=O. The lowest BCUT2D eigenvalue weighted by molar-refractivity contribution is -0.152. The van der Waals surface area contributed by atoms with E-state index in [0.29, 0.717) is 16.0 Å². The molecule has 5 nitrogen and oxygen atoms in total. The highest BCUT2D eigenvalue weighted by atomic mass is 79.9. The molecule has 0 saturated carbocycles. The van der Waals surface area contributed by atoms with E-state index in [9.17, 15) is 9.59 Å². The minimum Gasteiger partial charge on any atom is -0.464 e. The molecular weight excluding hydrogens is 428 g/mol. The smallest absolute Gasteiger partial charge is 0.331 e. The first-order valence-electron chi connectivity index (χ1n) is 8.64. The van der Waals surface area contributed by atoms with Crippen LogP contribution in [0.1, 0.15) is 31.5 Å². The summed E-state index contributed by atoms with van der Waals surface area (Å²) in [6.07, 6.45) is 0. The number of halogens is 1. The minimum absolute atomic E-state index is 0.224. The third kappa shape index (κ3) is 3.34. The molecule has 0 saturated heterocycles. The van der Waals surface area contributed by atoms with Gasteiger partial charge < -0.3 is 4.74 Å². The Morgan fingerprint density at radius 3 is 2.48 bits per heavy atom. The van der Waals surface area contributed by atoms with Crippen molar-refractivity contribution in [3.63, 3.8) is 0 Å². The number of esters is 1. The van der Waals surface area contributed by atoms with Crippen LogP contribution in [0.4, 0.5) is 0 Å². The molecule has 0 atom stereocenters. The molecule has 0 unspecified atom stereocenters. The zero-order valence-electron chi connectivity index (χ0n) is 15.9. The van der Waals surface area contributed by atoms with E-state index in [1.165, 1.54) is 15.9 Å². The monoisotopic (exact) mass is 448 g/mol. The molecule has 0 fully saturated rings. The van der Waals surface area contributed by atoms with Crippen LogP contribution >= 0.6 is 27.3 Å². The summed E-state index contributed by atoms with van der Waals surface area (Å²) in [6, 6.07) is 7.83. The first-order valence-corrected chi connectivity index (χ1v) is 10.3. The average Bonchev–Trinajstić information content (AvgIpc) is 2.91. The standard InChI is InChI=1S/C20H21BrN2O3S/c1-6-26-19(25)20(4,5)23-12(3)22-17-16(18(23)24)15(11(2)27-17)13-7-9-14(21)10-8-13/h7-10H,6H2,1-5H3. The summed E-state index contributed by atoms with van der Waals surface area (Å²) >= 11 is 4.93. The van der Waals surface area contributed by atoms with Crippen molar-refractivity contribution in [3.8, 4) is 11.1 Å². The van der Waals surface area contributed by atoms with Crippen LogP contribution in [0.2, 0.25) is 0 Å². The van der Waals surface area contributed by atoms with E-state index in [1.807, 2.05) is 31.2 Å². The second-order valence-corrected chi connectivity index (χ2v) is 8.92. The summed E-state index contributed by atoms with van der Waals surface area (Å²) in [7, 11) is 0. The van der Waals surface area contributed by atoms with Crippen LogP contribution in [0, 0.1) is 13.8 Å². The summed E-state index contributed by atoms with van der Waals surface area (Å²) in [4.78, 5) is 32.3. The second-order valence-electron chi connectivity index (χ2n) is 6.80. The van der Waals surface area contributed by atoms with Gasteiger partial charge in [0.25, 0.3) is 5.56 Å². The van der Waals surface area contributed by atoms with Crippen LogP contribution in [0.3, 0.4) is 0 Å². The molecule has 0 aliphatic carbocycles. The van der Waals surface area contributed by atoms with Gasteiger partial charge in [-0.15, -0.1) is 11.3 Å². The molecule has 142 valence electrons. The maximum Gasteiger partial charge on any atom is 0.331 e. The van der Waals surface area contributed by atoms with Gasteiger partial charge >= 0.3 is 5.97 Å². The van der Waals surface area contributed by atoms with Crippen LogP contribution in [-0.2, 0) is 15.1 Å². The zero-order valence-corrected chi connectivity index (χ0v) is 18.3. The van der Waals surface area contributed by atoms with Crippen molar-refractivity contribution in [1.82, 2.24) is 9.55 Å². The molecule has 2 aromatic heterocycles. The number of carbonyl (C=O) groups is 1. The number of aryl methyl sites for hydroxylation is 2. The quantitative estimate of drug-likeness (QED) is 0.537. The average molecular weight is 449 g/mol. The number of hydrogen-bond donors (Lipinski definition) is 0. The number of nitrogens with zero attached hydrogens (tertiary/aromatic N) is 2. The number of rotatable bonds is 4. The van der Waals surface area contributed by atoms with E-state index < -0.39 is 11.5 Å². The Morgan fingerprint density at radius 1 is 1.26 bits per heavy atom. The van der Waals surface area contributed by atoms with Crippen LogP contribution in [0.15, 0.2) is 33.5 Å². The summed E-state index contributed by atoms with van der Waals surface area (Å²) in [5.41, 5.74) is 0.446. The third-order valence-electron chi connectivity index (χ3n) is 4.54. The summed E-state index contributed by atoms with van der Waals surface area (Å²) < 4.78 is 7.60. The Hall–Kier alpha value is -1.99. The number of aromatic nitrogens is 2. The predicted molar refractivity (Wildman–Crippen MR) is 112 cm³/mol. The van der Waals surface area contributed by atoms with Crippen molar-refractivity contribution in [2.75, 3.05) is 6.61 Å². The fraction of sp³-hybridized carbons (Fsp3) is 0.350. The molecular formula is C20H21BrN2O3S. The van der Waals surface area contributed by atoms with Gasteiger partial charge in [0.05, 0.1) is 12.0 Å². The highest BCUT2D eigenvalue weighted by molar-refractivity contribution is 9.10.